The second-order valence-corrected chi connectivity index (χ2v) is 9.67. The van der Waals surface area contributed by atoms with Gasteiger partial charge in [-0.3, -0.25) is 9.59 Å². The van der Waals surface area contributed by atoms with E-state index in [1.807, 2.05) is 36.4 Å². The zero-order chi connectivity index (χ0) is 25.9. The number of methoxy groups -OCH3 is 2. The van der Waals surface area contributed by atoms with Gasteiger partial charge >= 0.3 is 0 Å². The average molecular weight is 506 g/mol. The number of ether oxygens (including phenoxy) is 3. The summed E-state index contributed by atoms with van der Waals surface area (Å²) in [5.41, 5.74) is 3.82. The quantitative estimate of drug-likeness (QED) is 0.420. The Hall–Kier alpha value is -3.52. The number of fused-ring (bicyclic) bond motifs is 4. The van der Waals surface area contributed by atoms with Gasteiger partial charge in [0.1, 0.15) is 23.6 Å². The molecule has 2 aromatic carbocycles. The molecule has 0 bridgehead atoms. The average Bonchev–Trinajstić information content (AvgIpc) is 3.30. The summed E-state index contributed by atoms with van der Waals surface area (Å²) in [7, 11) is 3.22. The number of carbonyl (C=O) groups excluding carboxylic acids is 2. The van der Waals surface area contributed by atoms with Crippen LogP contribution in [0.5, 0.6) is 11.5 Å². The van der Waals surface area contributed by atoms with Crippen LogP contribution in [-0.4, -0.2) is 73.2 Å². The highest BCUT2D eigenvalue weighted by Gasteiger charge is 2.48. The molecule has 8 heteroatoms. The minimum absolute atomic E-state index is 0.0124. The molecule has 196 valence electrons. The largest absolute Gasteiger partial charge is 0.497 e. The fourth-order valence-electron chi connectivity index (χ4n) is 5.59. The summed E-state index contributed by atoms with van der Waals surface area (Å²) in [6.07, 6.45) is 3.31. The number of hydrogen-bond acceptors (Lipinski definition) is 5. The van der Waals surface area contributed by atoms with E-state index in [1.54, 1.807) is 24.0 Å². The lowest BCUT2D eigenvalue weighted by Gasteiger charge is -2.47. The molecule has 8 nitrogen and oxygen atoms in total. The van der Waals surface area contributed by atoms with Gasteiger partial charge in [-0.15, -0.1) is 0 Å². The summed E-state index contributed by atoms with van der Waals surface area (Å²) in [6, 6.07) is 12.7. The van der Waals surface area contributed by atoms with Crippen molar-refractivity contribution in [1.29, 1.82) is 0 Å². The van der Waals surface area contributed by atoms with E-state index in [4.69, 9.17) is 14.2 Å². The molecule has 0 aliphatic carbocycles. The SMILES string of the molecule is CCCCOCCCN1CC(=O)N2[C@@H](c3ccc(OC)cc3OC)c3[nH]c4ccccc4c3C[C@H]2C1=O. The Morgan fingerprint density at radius 1 is 1.03 bits per heavy atom. The van der Waals surface area contributed by atoms with E-state index in [0.717, 1.165) is 47.2 Å². The number of nitrogens with zero attached hydrogens (tertiary/aromatic N) is 2. The van der Waals surface area contributed by atoms with Crippen molar-refractivity contribution < 1.29 is 23.8 Å². The molecular weight excluding hydrogens is 470 g/mol. The van der Waals surface area contributed by atoms with Gasteiger partial charge in [-0.1, -0.05) is 31.5 Å². The maximum Gasteiger partial charge on any atom is 0.246 e. The van der Waals surface area contributed by atoms with Crippen molar-refractivity contribution in [3.8, 4) is 11.5 Å². The van der Waals surface area contributed by atoms with E-state index in [1.165, 1.54) is 0 Å². The van der Waals surface area contributed by atoms with Crippen molar-refractivity contribution in [3.63, 3.8) is 0 Å². The number of piperazine rings is 1. The smallest absolute Gasteiger partial charge is 0.246 e. The second-order valence-electron chi connectivity index (χ2n) is 9.67. The molecule has 2 atom stereocenters. The van der Waals surface area contributed by atoms with E-state index >= 15 is 0 Å². The van der Waals surface area contributed by atoms with Crippen molar-refractivity contribution in [2.45, 2.75) is 44.7 Å². The van der Waals surface area contributed by atoms with Crippen molar-refractivity contribution in [2.75, 3.05) is 40.5 Å². The highest BCUT2D eigenvalue weighted by molar-refractivity contribution is 5.97. The van der Waals surface area contributed by atoms with Crippen LogP contribution in [0.25, 0.3) is 10.9 Å². The molecule has 1 aromatic heterocycles. The molecule has 0 radical (unpaired) electrons. The maximum atomic E-state index is 13.8. The molecule has 0 spiro atoms. The predicted molar refractivity (Wildman–Crippen MR) is 141 cm³/mol. The summed E-state index contributed by atoms with van der Waals surface area (Å²) < 4.78 is 16.8. The highest BCUT2D eigenvalue weighted by atomic mass is 16.5. The van der Waals surface area contributed by atoms with E-state index < -0.39 is 12.1 Å². The molecule has 2 amide bonds. The van der Waals surface area contributed by atoms with Gasteiger partial charge in [-0.05, 0) is 36.6 Å². The second kappa shape index (κ2) is 10.8. The van der Waals surface area contributed by atoms with Gasteiger partial charge in [0.25, 0.3) is 0 Å². The number of para-hydroxylation sites is 1. The van der Waals surface area contributed by atoms with Gasteiger partial charge in [0, 0.05) is 54.4 Å². The Morgan fingerprint density at radius 2 is 1.84 bits per heavy atom. The van der Waals surface area contributed by atoms with E-state index in [9.17, 15) is 9.59 Å². The molecule has 1 saturated heterocycles. The highest BCUT2D eigenvalue weighted by Crippen LogP contribution is 2.45. The summed E-state index contributed by atoms with van der Waals surface area (Å²) in [6.45, 7) is 4.03. The van der Waals surface area contributed by atoms with Gasteiger partial charge in [0.15, 0.2) is 0 Å². The maximum absolute atomic E-state index is 13.8. The predicted octanol–water partition coefficient (Wildman–Crippen LogP) is 4.08. The molecular formula is C29H35N3O5. The van der Waals surface area contributed by atoms with Crippen molar-refractivity contribution >= 4 is 22.7 Å². The number of unbranched alkanes of at least 4 members (excludes halogenated alkanes) is 1. The van der Waals surface area contributed by atoms with Crippen LogP contribution >= 0.6 is 0 Å². The topological polar surface area (TPSA) is 84.1 Å². The van der Waals surface area contributed by atoms with E-state index in [0.29, 0.717) is 37.5 Å². The molecule has 2 aliphatic heterocycles. The number of amides is 2. The van der Waals surface area contributed by atoms with Gasteiger partial charge in [-0.25, -0.2) is 0 Å². The first-order valence-electron chi connectivity index (χ1n) is 13.1. The molecule has 0 saturated carbocycles. The third-order valence-corrected chi connectivity index (χ3v) is 7.44. The number of benzene rings is 2. The Morgan fingerprint density at radius 3 is 2.62 bits per heavy atom. The van der Waals surface area contributed by atoms with Crippen LogP contribution < -0.4 is 9.47 Å². The van der Waals surface area contributed by atoms with Crippen LogP contribution in [0.15, 0.2) is 42.5 Å². The molecule has 1 fully saturated rings. The molecule has 3 aromatic rings. The Balaban J connectivity index is 1.51. The van der Waals surface area contributed by atoms with E-state index in [2.05, 4.69) is 18.0 Å². The third-order valence-electron chi connectivity index (χ3n) is 7.44. The molecule has 37 heavy (non-hydrogen) atoms. The number of rotatable bonds is 10. The summed E-state index contributed by atoms with van der Waals surface area (Å²) >= 11 is 0. The van der Waals surface area contributed by atoms with Crippen LogP contribution in [0.2, 0.25) is 0 Å². The summed E-state index contributed by atoms with van der Waals surface area (Å²) in [4.78, 5) is 34.5. The van der Waals surface area contributed by atoms with Crippen molar-refractivity contribution in [2.24, 2.45) is 0 Å². The van der Waals surface area contributed by atoms with Gasteiger partial charge in [0.2, 0.25) is 11.8 Å². The number of aromatic amines is 1. The number of hydrogen-bond donors (Lipinski definition) is 1. The number of carbonyl (C=O) groups is 2. The first kappa shape index (κ1) is 25.1. The van der Waals surface area contributed by atoms with Crippen LogP contribution in [0.1, 0.15) is 49.0 Å². The number of aromatic nitrogens is 1. The van der Waals surface area contributed by atoms with Crippen LogP contribution in [0.4, 0.5) is 0 Å². The Bertz CT molecular complexity index is 1290. The van der Waals surface area contributed by atoms with Crippen LogP contribution in [0.3, 0.4) is 0 Å². The van der Waals surface area contributed by atoms with E-state index in [-0.39, 0.29) is 18.4 Å². The zero-order valence-corrected chi connectivity index (χ0v) is 21.8. The summed E-state index contributed by atoms with van der Waals surface area (Å²) in [5.74, 6) is 1.20. The standard InChI is InChI=1S/C29H35N3O5/c1-4-5-14-37-15-8-13-31-18-26(33)32-24(29(31)34)17-22-20-9-6-7-10-23(20)30-27(22)28(32)21-12-11-19(35-2)16-25(21)36-3/h6-7,9-12,16,24,28,30H,4-5,8,13-15,17-18H2,1-3H3/t24-,28-/m0/s1. The lowest BCUT2D eigenvalue weighted by molar-refractivity contribution is -0.158. The zero-order valence-electron chi connectivity index (χ0n) is 21.8. The minimum Gasteiger partial charge on any atom is -0.497 e. The first-order chi connectivity index (χ1) is 18.1. The number of nitrogens with one attached hydrogen (secondary N) is 1. The molecule has 5 rings (SSSR count). The Labute approximate surface area is 217 Å². The van der Waals surface area contributed by atoms with Gasteiger partial charge in [-0.2, -0.15) is 0 Å². The van der Waals surface area contributed by atoms with Gasteiger partial charge < -0.3 is 29.0 Å². The summed E-state index contributed by atoms with van der Waals surface area (Å²) in [5, 5.41) is 1.08. The molecule has 2 aliphatic rings. The third kappa shape index (κ3) is 4.66. The lowest BCUT2D eigenvalue weighted by atomic mass is 9.85. The molecule has 0 unspecified atom stereocenters. The normalized spacial score (nSPS) is 19.2. The van der Waals surface area contributed by atoms with Crippen LogP contribution in [-0.2, 0) is 20.7 Å². The molecule has 1 N–H and O–H groups in total. The van der Waals surface area contributed by atoms with Crippen molar-refractivity contribution in [1.82, 2.24) is 14.8 Å². The first-order valence-corrected chi connectivity index (χ1v) is 13.1. The monoisotopic (exact) mass is 505 g/mol. The van der Waals surface area contributed by atoms with Crippen molar-refractivity contribution in [3.05, 3.63) is 59.3 Å². The molecule has 3 heterocycles. The fraction of sp³-hybridized carbons (Fsp3) is 0.448. The Kier molecular flexibility index (Phi) is 7.37. The van der Waals surface area contributed by atoms with Gasteiger partial charge in [0.05, 0.1) is 20.8 Å². The fourth-order valence-corrected chi connectivity index (χ4v) is 5.59. The lowest BCUT2D eigenvalue weighted by Crippen LogP contribution is -2.63. The number of H-pyrrole nitrogens is 1. The van der Waals surface area contributed by atoms with Crippen LogP contribution in [0, 0.1) is 0 Å². The minimum atomic E-state index is -0.578.